The van der Waals surface area contributed by atoms with Crippen LogP contribution in [0.3, 0.4) is 0 Å². The van der Waals surface area contributed by atoms with Crippen molar-refractivity contribution < 1.29 is 14.4 Å². The van der Waals surface area contributed by atoms with E-state index in [9.17, 15) is 4.79 Å². The molecule has 0 radical (unpaired) electrons. The van der Waals surface area contributed by atoms with Crippen LogP contribution in [0.5, 0.6) is 0 Å². The molecule has 0 spiro atoms. The van der Waals surface area contributed by atoms with Gasteiger partial charge in [0.2, 0.25) is 5.78 Å². The fraction of sp³-hybridized carbons (Fsp3) is 0.571. The van der Waals surface area contributed by atoms with E-state index in [0.717, 1.165) is 0 Å². The Morgan fingerprint density at radius 1 is 1.67 bits per heavy atom. The van der Waals surface area contributed by atoms with Gasteiger partial charge in [-0.25, -0.2) is 0 Å². The number of ketones is 1. The molecule has 0 aliphatic heterocycles. The Bertz CT molecular complexity index is 269. The maximum Gasteiger partial charge on any atom is 0.293 e. The number of carbonyl (C=O) groups is 1. The number of nitrogens with zero attached hydrogens (tertiary/aromatic N) is 2. The summed E-state index contributed by atoms with van der Waals surface area (Å²) in [6.45, 7) is 1.45. The van der Waals surface area contributed by atoms with Crippen molar-refractivity contribution in [3.05, 3.63) is 11.7 Å². The Balaban J connectivity index is 2.58. The lowest BCUT2D eigenvalue weighted by molar-refractivity contribution is 0.0972. The van der Waals surface area contributed by atoms with E-state index in [-0.39, 0.29) is 18.3 Å². The highest BCUT2D eigenvalue weighted by atomic mass is 16.5. The molecule has 1 aromatic rings. The van der Waals surface area contributed by atoms with Gasteiger partial charge in [-0.15, -0.1) is 0 Å². The van der Waals surface area contributed by atoms with E-state index in [0.29, 0.717) is 18.7 Å². The average molecular weight is 170 g/mol. The second kappa shape index (κ2) is 3.96. The number of aliphatic hydroxyl groups excluding tert-OH is 1. The van der Waals surface area contributed by atoms with E-state index in [1.54, 1.807) is 0 Å². The van der Waals surface area contributed by atoms with Gasteiger partial charge < -0.3 is 9.63 Å². The van der Waals surface area contributed by atoms with Gasteiger partial charge in [-0.1, -0.05) is 5.16 Å². The Hall–Kier alpha value is -1.23. The summed E-state index contributed by atoms with van der Waals surface area (Å²) in [5.74, 6) is 0.259. The third-order valence-electron chi connectivity index (χ3n) is 1.33. The van der Waals surface area contributed by atoms with Crippen molar-refractivity contribution in [3.63, 3.8) is 0 Å². The molecule has 1 rings (SSSR count). The van der Waals surface area contributed by atoms with Crippen LogP contribution in [0.2, 0.25) is 0 Å². The van der Waals surface area contributed by atoms with Crippen molar-refractivity contribution in [3.8, 4) is 0 Å². The molecule has 5 heteroatoms. The largest absolute Gasteiger partial charge is 0.396 e. The molecule has 0 aliphatic carbocycles. The Kier molecular flexibility index (Phi) is 2.93. The second-order valence-corrected chi connectivity index (χ2v) is 2.40. The first kappa shape index (κ1) is 8.86. The van der Waals surface area contributed by atoms with Crippen LogP contribution in [0.1, 0.15) is 29.9 Å². The molecule has 0 fully saturated rings. The van der Waals surface area contributed by atoms with Gasteiger partial charge in [0.05, 0.1) is 0 Å². The first-order valence-electron chi connectivity index (χ1n) is 3.68. The molecular weight excluding hydrogens is 160 g/mol. The maximum absolute atomic E-state index is 10.7. The van der Waals surface area contributed by atoms with Crippen molar-refractivity contribution >= 4 is 5.78 Å². The van der Waals surface area contributed by atoms with Crippen molar-refractivity contribution in [1.82, 2.24) is 10.1 Å². The van der Waals surface area contributed by atoms with E-state index in [2.05, 4.69) is 14.7 Å². The van der Waals surface area contributed by atoms with Gasteiger partial charge >= 0.3 is 0 Å². The summed E-state index contributed by atoms with van der Waals surface area (Å²) in [6, 6.07) is 0. The number of Topliss-reactive ketones (excluding diaryl/α,β-unsaturated/α-hetero) is 1. The summed E-state index contributed by atoms with van der Waals surface area (Å²) in [7, 11) is 0. The van der Waals surface area contributed by atoms with Gasteiger partial charge in [-0.3, -0.25) is 4.79 Å². The molecule has 0 aliphatic rings. The summed E-state index contributed by atoms with van der Waals surface area (Å²) >= 11 is 0. The quantitative estimate of drug-likeness (QED) is 0.653. The van der Waals surface area contributed by atoms with Crippen LogP contribution < -0.4 is 0 Å². The van der Waals surface area contributed by atoms with Crippen molar-refractivity contribution in [1.29, 1.82) is 0 Å². The second-order valence-electron chi connectivity index (χ2n) is 2.40. The predicted molar refractivity (Wildman–Crippen MR) is 39.7 cm³/mol. The lowest BCUT2D eigenvalue weighted by Crippen LogP contribution is -1.94. The van der Waals surface area contributed by atoms with E-state index < -0.39 is 0 Å². The molecule has 0 bridgehead atoms. The molecule has 66 valence electrons. The van der Waals surface area contributed by atoms with Gasteiger partial charge in [0, 0.05) is 20.0 Å². The molecule has 0 aromatic carbocycles. The van der Waals surface area contributed by atoms with Crippen LogP contribution in [-0.4, -0.2) is 27.6 Å². The zero-order valence-electron chi connectivity index (χ0n) is 6.78. The summed E-state index contributed by atoms with van der Waals surface area (Å²) in [6.07, 6.45) is 1.12. The molecule has 1 heterocycles. The molecule has 0 unspecified atom stereocenters. The molecule has 1 N–H and O–H groups in total. The Labute approximate surface area is 69.4 Å². The molecule has 0 amide bonds. The average Bonchev–Trinajstić information content (AvgIpc) is 2.48. The zero-order chi connectivity index (χ0) is 8.97. The third kappa shape index (κ3) is 2.13. The lowest BCUT2D eigenvalue weighted by Gasteiger charge is -1.86. The number of rotatable bonds is 4. The standard InChI is InChI=1S/C7H10N2O3/c1-5(11)7-8-6(9-12-7)3-2-4-10/h10H,2-4H2,1H3. The van der Waals surface area contributed by atoms with Crippen molar-refractivity contribution in [2.45, 2.75) is 19.8 Å². The number of aliphatic hydroxyl groups is 1. The minimum atomic E-state index is -0.238. The molecule has 12 heavy (non-hydrogen) atoms. The summed E-state index contributed by atoms with van der Waals surface area (Å²) in [5, 5.41) is 12.0. The Morgan fingerprint density at radius 3 is 2.92 bits per heavy atom. The van der Waals surface area contributed by atoms with Crippen LogP contribution >= 0.6 is 0 Å². The van der Waals surface area contributed by atoms with Crippen LogP contribution in [-0.2, 0) is 6.42 Å². The van der Waals surface area contributed by atoms with Gasteiger partial charge in [-0.05, 0) is 6.42 Å². The van der Waals surface area contributed by atoms with E-state index in [1.807, 2.05) is 0 Å². The SMILES string of the molecule is CC(=O)c1nc(CCCO)no1. The molecule has 0 saturated heterocycles. The highest BCUT2D eigenvalue weighted by Gasteiger charge is 2.09. The van der Waals surface area contributed by atoms with Crippen molar-refractivity contribution in [2.24, 2.45) is 0 Å². The van der Waals surface area contributed by atoms with Gasteiger partial charge in [0.25, 0.3) is 5.89 Å². The highest BCUT2D eigenvalue weighted by Crippen LogP contribution is 2.00. The summed E-state index contributed by atoms with van der Waals surface area (Å²) in [5.41, 5.74) is 0. The first-order chi connectivity index (χ1) is 5.74. The van der Waals surface area contributed by atoms with E-state index >= 15 is 0 Å². The van der Waals surface area contributed by atoms with Gasteiger partial charge in [0.15, 0.2) is 5.82 Å². The minimum Gasteiger partial charge on any atom is -0.396 e. The molecule has 5 nitrogen and oxygen atoms in total. The monoisotopic (exact) mass is 170 g/mol. The summed E-state index contributed by atoms with van der Waals surface area (Å²) < 4.78 is 4.63. The summed E-state index contributed by atoms with van der Waals surface area (Å²) in [4.78, 5) is 14.5. The number of aryl methyl sites for hydroxylation is 1. The minimum absolute atomic E-state index is 0.0305. The fourth-order valence-corrected chi connectivity index (χ4v) is 0.736. The van der Waals surface area contributed by atoms with Crippen LogP contribution in [0.15, 0.2) is 4.52 Å². The maximum atomic E-state index is 10.7. The van der Waals surface area contributed by atoms with Gasteiger partial charge in [0.1, 0.15) is 0 Å². The molecular formula is C7H10N2O3. The first-order valence-corrected chi connectivity index (χ1v) is 3.68. The lowest BCUT2D eigenvalue weighted by atomic mass is 10.3. The Morgan fingerprint density at radius 2 is 2.42 bits per heavy atom. The van der Waals surface area contributed by atoms with Crippen LogP contribution in [0, 0.1) is 0 Å². The van der Waals surface area contributed by atoms with E-state index in [1.165, 1.54) is 6.92 Å². The molecule has 0 atom stereocenters. The normalized spacial score (nSPS) is 10.2. The topological polar surface area (TPSA) is 76.2 Å². The van der Waals surface area contributed by atoms with Crippen molar-refractivity contribution in [2.75, 3.05) is 6.61 Å². The molecule has 0 saturated carbocycles. The number of carbonyl (C=O) groups excluding carboxylic acids is 1. The van der Waals surface area contributed by atoms with Crippen LogP contribution in [0.25, 0.3) is 0 Å². The van der Waals surface area contributed by atoms with Crippen LogP contribution in [0.4, 0.5) is 0 Å². The van der Waals surface area contributed by atoms with Gasteiger partial charge in [-0.2, -0.15) is 4.98 Å². The fourth-order valence-electron chi connectivity index (χ4n) is 0.736. The smallest absolute Gasteiger partial charge is 0.293 e. The zero-order valence-corrected chi connectivity index (χ0v) is 6.78. The number of aromatic nitrogens is 2. The highest BCUT2D eigenvalue weighted by molar-refractivity contribution is 5.89. The predicted octanol–water partition coefficient (Wildman–Crippen LogP) is 0.197. The number of hydrogen-bond acceptors (Lipinski definition) is 5. The van der Waals surface area contributed by atoms with E-state index in [4.69, 9.17) is 5.11 Å². The number of hydrogen-bond donors (Lipinski definition) is 1. The third-order valence-corrected chi connectivity index (χ3v) is 1.33. The molecule has 1 aromatic heterocycles.